The molecule has 124 valence electrons. The van der Waals surface area contributed by atoms with Gasteiger partial charge in [-0.05, 0) is 20.3 Å². The molecule has 3 rings (SSSR count). The number of hydrogen-bond acceptors (Lipinski definition) is 4. The first-order chi connectivity index (χ1) is 11.0. The van der Waals surface area contributed by atoms with Gasteiger partial charge in [-0.15, -0.1) is 0 Å². The lowest BCUT2D eigenvalue weighted by Gasteiger charge is -2.05. The minimum absolute atomic E-state index is 0.331. The number of nitrogens with zero attached hydrogens (tertiary/aromatic N) is 5. The predicted molar refractivity (Wildman–Crippen MR) is 87.0 cm³/mol. The van der Waals surface area contributed by atoms with Gasteiger partial charge in [-0.1, -0.05) is 0 Å². The molecule has 3 aromatic heterocycles. The highest BCUT2D eigenvalue weighted by Gasteiger charge is 2.18. The summed E-state index contributed by atoms with van der Waals surface area (Å²) >= 11 is 0. The third-order valence-electron chi connectivity index (χ3n) is 4.13. The van der Waals surface area contributed by atoms with Gasteiger partial charge in [0.15, 0.2) is 11.2 Å². The summed E-state index contributed by atoms with van der Waals surface area (Å²) in [6.07, 6.45) is 2.75. The summed E-state index contributed by atoms with van der Waals surface area (Å²) in [6.45, 7) is 6.08. The third kappa shape index (κ3) is 2.29. The molecule has 0 aliphatic carbocycles. The molecule has 0 atom stereocenters. The predicted octanol–water partition coefficient (Wildman–Crippen LogP) is 0.421. The normalized spacial score (nSPS) is 11.8. The van der Waals surface area contributed by atoms with Crippen molar-refractivity contribution in [1.29, 1.82) is 0 Å². The van der Waals surface area contributed by atoms with Crippen LogP contribution in [0.1, 0.15) is 19.0 Å². The van der Waals surface area contributed by atoms with Crippen molar-refractivity contribution >= 4 is 16.9 Å². The van der Waals surface area contributed by atoms with E-state index in [1.807, 2.05) is 24.6 Å². The molecule has 0 spiro atoms. The van der Waals surface area contributed by atoms with Crippen molar-refractivity contribution in [3.8, 4) is 0 Å². The SMILES string of the molecule is CCOCCCn1c(C)cn2c3c(=O)n(C)c(=O)n(C)c3nc12. The van der Waals surface area contributed by atoms with Crippen molar-refractivity contribution in [2.45, 2.75) is 26.8 Å². The Bertz CT molecular complexity index is 989. The van der Waals surface area contributed by atoms with Gasteiger partial charge in [0.2, 0.25) is 5.78 Å². The van der Waals surface area contributed by atoms with E-state index in [1.165, 1.54) is 11.6 Å². The number of fused-ring (bicyclic) bond motifs is 3. The molecule has 8 heteroatoms. The van der Waals surface area contributed by atoms with Gasteiger partial charge in [0.25, 0.3) is 5.56 Å². The molecule has 0 aliphatic rings. The molecule has 0 unspecified atom stereocenters. The van der Waals surface area contributed by atoms with Crippen LogP contribution in [0.4, 0.5) is 0 Å². The Hall–Kier alpha value is -2.35. The Morgan fingerprint density at radius 2 is 1.96 bits per heavy atom. The smallest absolute Gasteiger partial charge is 0.332 e. The fourth-order valence-electron chi connectivity index (χ4n) is 2.88. The molecule has 0 bridgehead atoms. The summed E-state index contributed by atoms with van der Waals surface area (Å²) in [5, 5.41) is 0. The lowest BCUT2D eigenvalue weighted by atomic mass is 10.4. The second-order valence-corrected chi connectivity index (χ2v) is 5.63. The zero-order chi connectivity index (χ0) is 16.7. The van der Waals surface area contributed by atoms with E-state index < -0.39 is 0 Å². The Morgan fingerprint density at radius 1 is 1.22 bits per heavy atom. The number of aryl methyl sites for hydroxylation is 3. The quantitative estimate of drug-likeness (QED) is 0.639. The topological polar surface area (TPSA) is 75.5 Å². The molecule has 3 aromatic rings. The van der Waals surface area contributed by atoms with Crippen LogP contribution in [0.3, 0.4) is 0 Å². The van der Waals surface area contributed by atoms with Crippen LogP contribution < -0.4 is 11.2 Å². The average Bonchev–Trinajstić information content (AvgIpc) is 3.03. The maximum atomic E-state index is 12.5. The summed E-state index contributed by atoms with van der Waals surface area (Å²) in [7, 11) is 3.11. The molecular weight excluding hydrogens is 298 g/mol. The Kier molecular flexibility index (Phi) is 3.85. The van der Waals surface area contributed by atoms with Crippen LogP contribution in [0, 0.1) is 6.92 Å². The van der Waals surface area contributed by atoms with Crippen LogP contribution >= 0.6 is 0 Å². The number of ether oxygens (including phenoxy) is 1. The van der Waals surface area contributed by atoms with Crippen LogP contribution in [-0.4, -0.2) is 36.3 Å². The van der Waals surface area contributed by atoms with Gasteiger partial charge in [0.05, 0.1) is 0 Å². The molecular formula is C15H21N5O3. The average molecular weight is 319 g/mol. The van der Waals surface area contributed by atoms with Gasteiger partial charge in [-0.3, -0.25) is 18.3 Å². The van der Waals surface area contributed by atoms with Crippen molar-refractivity contribution in [3.05, 3.63) is 32.7 Å². The van der Waals surface area contributed by atoms with E-state index >= 15 is 0 Å². The highest BCUT2D eigenvalue weighted by molar-refractivity contribution is 5.75. The summed E-state index contributed by atoms with van der Waals surface area (Å²) in [4.78, 5) is 29.0. The highest BCUT2D eigenvalue weighted by Crippen LogP contribution is 2.16. The van der Waals surface area contributed by atoms with Crippen molar-refractivity contribution in [1.82, 2.24) is 23.1 Å². The third-order valence-corrected chi connectivity index (χ3v) is 4.13. The van der Waals surface area contributed by atoms with Gasteiger partial charge in [-0.2, -0.15) is 4.98 Å². The van der Waals surface area contributed by atoms with E-state index in [9.17, 15) is 9.59 Å². The summed E-state index contributed by atoms with van der Waals surface area (Å²) in [5.74, 6) is 0.673. The minimum atomic E-state index is -0.372. The largest absolute Gasteiger partial charge is 0.382 e. The molecule has 23 heavy (non-hydrogen) atoms. The lowest BCUT2D eigenvalue weighted by molar-refractivity contribution is 0.142. The van der Waals surface area contributed by atoms with Crippen LogP contribution in [0.2, 0.25) is 0 Å². The lowest BCUT2D eigenvalue weighted by Crippen LogP contribution is -2.37. The van der Waals surface area contributed by atoms with E-state index in [-0.39, 0.29) is 11.2 Å². The first-order valence-electron chi connectivity index (χ1n) is 7.69. The molecule has 0 aromatic carbocycles. The monoisotopic (exact) mass is 319 g/mol. The fourth-order valence-corrected chi connectivity index (χ4v) is 2.88. The Balaban J connectivity index is 2.20. The number of aromatic nitrogens is 5. The molecule has 0 fully saturated rings. The highest BCUT2D eigenvalue weighted by atomic mass is 16.5. The first kappa shape index (κ1) is 15.5. The van der Waals surface area contributed by atoms with E-state index in [2.05, 4.69) is 4.98 Å². The Morgan fingerprint density at radius 3 is 2.65 bits per heavy atom. The van der Waals surface area contributed by atoms with Crippen molar-refractivity contribution in [2.75, 3.05) is 13.2 Å². The van der Waals surface area contributed by atoms with Gasteiger partial charge in [-0.25, -0.2) is 4.79 Å². The van der Waals surface area contributed by atoms with Crippen molar-refractivity contribution in [3.63, 3.8) is 0 Å². The first-order valence-corrected chi connectivity index (χ1v) is 7.69. The van der Waals surface area contributed by atoms with Crippen LogP contribution in [-0.2, 0) is 25.4 Å². The zero-order valence-corrected chi connectivity index (χ0v) is 13.9. The molecule has 0 aliphatic heterocycles. The van der Waals surface area contributed by atoms with Crippen LogP contribution in [0.5, 0.6) is 0 Å². The summed E-state index contributed by atoms with van der Waals surface area (Å²) < 4.78 is 11.7. The van der Waals surface area contributed by atoms with Gasteiger partial charge < -0.3 is 9.30 Å². The summed E-state index contributed by atoms with van der Waals surface area (Å²) in [6, 6.07) is 0. The second-order valence-electron chi connectivity index (χ2n) is 5.63. The number of imidazole rings is 2. The van der Waals surface area contributed by atoms with E-state index in [0.717, 1.165) is 23.2 Å². The van der Waals surface area contributed by atoms with E-state index in [4.69, 9.17) is 4.74 Å². The van der Waals surface area contributed by atoms with Crippen molar-refractivity contribution < 1.29 is 4.74 Å². The van der Waals surface area contributed by atoms with E-state index in [0.29, 0.717) is 30.2 Å². The van der Waals surface area contributed by atoms with Gasteiger partial charge in [0.1, 0.15) is 0 Å². The second kappa shape index (κ2) is 5.69. The molecule has 0 radical (unpaired) electrons. The Labute approximate surface area is 132 Å². The zero-order valence-electron chi connectivity index (χ0n) is 13.9. The molecule has 0 saturated carbocycles. The molecule has 3 heterocycles. The molecule has 0 saturated heterocycles. The summed E-state index contributed by atoms with van der Waals surface area (Å²) in [5.41, 5.74) is 1.15. The number of hydrogen-bond donors (Lipinski definition) is 0. The molecule has 8 nitrogen and oxygen atoms in total. The van der Waals surface area contributed by atoms with Crippen molar-refractivity contribution in [2.24, 2.45) is 14.1 Å². The molecule has 0 N–H and O–H groups in total. The van der Waals surface area contributed by atoms with E-state index in [1.54, 1.807) is 11.4 Å². The van der Waals surface area contributed by atoms with Gasteiger partial charge >= 0.3 is 5.69 Å². The van der Waals surface area contributed by atoms with Crippen LogP contribution in [0.25, 0.3) is 16.9 Å². The van der Waals surface area contributed by atoms with Crippen LogP contribution in [0.15, 0.2) is 15.8 Å². The molecule has 0 amide bonds. The fraction of sp³-hybridized carbons (Fsp3) is 0.533. The number of rotatable bonds is 5. The standard InChI is InChI=1S/C15H21N5O3/c1-5-23-8-6-7-19-10(2)9-20-11-12(16-14(19)20)17(3)15(22)18(4)13(11)21/h9H,5-8H2,1-4H3. The minimum Gasteiger partial charge on any atom is -0.382 e. The van der Waals surface area contributed by atoms with Gasteiger partial charge in [0, 0.05) is 45.7 Å². The maximum Gasteiger partial charge on any atom is 0.332 e. The maximum absolute atomic E-state index is 12.5.